The molecular formula is C13H22N4O4. The second kappa shape index (κ2) is 7.72. The Morgan fingerprint density at radius 3 is 2.67 bits per heavy atom. The molecule has 0 aliphatic carbocycles. The number of hydrogen-bond donors (Lipinski definition) is 1. The molecule has 1 aromatic rings. The molecule has 0 aromatic carbocycles. The first-order chi connectivity index (χ1) is 9.83. The molecule has 0 amide bonds. The van der Waals surface area contributed by atoms with Gasteiger partial charge in [0.15, 0.2) is 0 Å². The number of rotatable bonds is 8. The molecule has 1 N–H and O–H groups in total. The van der Waals surface area contributed by atoms with E-state index in [0.29, 0.717) is 19.1 Å². The van der Waals surface area contributed by atoms with E-state index in [1.54, 1.807) is 0 Å². The van der Waals surface area contributed by atoms with Crippen LogP contribution in [0.25, 0.3) is 0 Å². The van der Waals surface area contributed by atoms with Crippen LogP contribution in [0.1, 0.15) is 34.1 Å². The minimum Gasteiger partial charge on any atom is -0.470 e. The summed E-state index contributed by atoms with van der Waals surface area (Å²) >= 11 is 0. The van der Waals surface area contributed by atoms with Gasteiger partial charge >= 0.3 is 5.69 Å². The summed E-state index contributed by atoms with van der Waals surface area (Å²) in [5, 5.41) is 13.9. The fourth-order valence-corrected chi connectivity index (χ4v) is 1.40. The lowest BCUT2D eigenvalue weighted by Crippen LogP contribution is -2.22. The largest absolute Gasteiger partial charge is 0.470 e. The fourth-order valence-electron chi connectivity index (χ4n) is 1.40. The summed E-state index contributed by atoms with van der Waals surface area (Å²) < 4.78 is 10.8. The summed E-state index contributed by atoms with van der Waals surface area (Å²) in [5.74, 6) is 0.264. The van der Waals surface area contributed by atoms with Crippen LogP contribution in [0.5, 0.6) is 5.88 Å². The first kappa shape index (κ1) is 17.1. The smallest absolute Gasteiger partial charge is 0.349 e. The Morgan fingerprint density at radius 1 is 1.38 bits per heavy atom. The number of aromatic nitrogens is 2. The van der Waals surface area contributed by atoms with Crippen LogP contribution < -0.4 is 10.1 Å². The lowest BCUT2D eigenvalue weighted by atomic mass is 10.2. The van der Waals surface area contributed by atoms with E-state index in [-0.39, 0.29) is 23.8 Å². The predicted octanol–water partition coefficient (Wildman–Crippen LogP) is 2.40. The Labute approximate surface area is 124 Å². The Bertz CT molecular complexity index is 474. The van der Waals surface area contributed by atoms with Crippen LogP contribution in [0.3, 0.4) is 0 Å². The molecule has 21 heavy (non-hydrogen) atoms. The van der Waals surface area contributed by atoms with Crippen molar-refractivity contribution in [3.8, 4) is 5.88 Å². The highest BCUT2D eigenvalue weighted by molar-refractivity contribution is 5.43. The molecule has 0 radical (unpaired) electrons. The van der Waals surface area contributed by atoms with Gasteiger partial charge in [-0.2, -0.15) is 4.98 Å². The Morgan fingerprint density at radius 2 is 2.10 bits per heavy atom. The molecule has 0 saturated carbocycles. The van der Waals surface area contributed by atoms with Crippen LogP contribution in [-0.4, -0.2) is 40.3 Å². The number of nitrogens with one attached hydrogen (secondary N) is 1. The molecule has 0 bridgehead atoms. The number of ether oxygens (including phenoxy) is 2. The van der Waals surface area contributed by atoms with E-state index in [1.807, 2.05) is 27.7 Å². The molecular weight excluding hydrogens is 276 g/mol. The fraction of sp³-hybridized carbons (Fsp3) is 0.692. The molecule has 0 aliphatic heterocycles. The van der Waals surface area contributed by atoms with E-state index in [2.05, 4.69) is 15.3 Å². The summed E-state index contributed by atoms with van der Waals surface area (Å²) in [7, 11) is 0. The molecule has 0 unspecified atom stereocenters. The van der Waals surface area contributed by atoms with Crippen molar-refractivity contribution in [2.24, 2.45) is 0 Å². The Hall–Kier alpha value is -1.96. The molecule has 118 valence electrons. The van der Waals surface area contributed by atoms with Gasteiger partial charge in [0.25, 0.3) is 5.88 Å². The van der Waals surface area contributed by atoms with Crippen molar-refractivity contribution >= 4 is 11.6 Å². The summed E-state index contributed by atoms with van der Waals surface area (Å²) in [6.07, 6.45) is 2.04. The summed E-state index contributed by atoms with van der Waals surface area (Å²) in [4.78, 5) is 18.3. The Balaban J connectivity index is 2.69. The minimum absolute atomic E-state index is 0.0499. The van der Waals surface area contributed by atoms with Crippen molar-refractivity contribution in [3.63, 3.8) is 0 Å². The highest BCUT2D eigenvalue weighted by Gasteiger charge is 2.19. The van der Waals surface area contributed by atoms with Gasteiger partial charge in [-0.25, -0.2) is 4.98 Å². The molecule has 1 heterocycles. The van der Waals surface area contributed by atoms with Crippen LogP contribution in [0.15, 0.2) is 6.20 Å². The zero-order valence-corrected chi connectivity index (χ0v) is 12.9. The third-order valence-electron chi connectivity index (χ3n) is 2.32. The molecule has 0 aliphatic rings. The SMILES string of the molecule is CCCNc1ncc([N+](=O)[O-])c(OCCOC(C)(C)C)n1. The average molecular weight is 298 g/mol. The third kappa shape index (κ3) is 6.35. The maximum Gasteiger partial charge on any atom is 0.349 e. The standard InChI is InChI=1S/C13H22N4O4/c1-5-6-14-12-15-9-10(17(18)19)11(16-12)20-7-8-21-13(2,3)4/h9H,5-8H2,1-4H3,(H,14,15,16). The molecule has 8 heteroatoms. The quantitative estimate of drug-likeness (QED) is 0.447. The normalized spacial score (nSPS) is 11.2. The number of nitrogens with zero attached hydrogens (tertiary/aromatic N) is 3. The van der Waals surface area contributed by atoms with Crippen LogP contribution in [-0.2, 0) is 4.74 Å². The van der Waals surface area contributed by atoms with E-state index < -0.39 is 4.92 Å². The van der Waals surface area contributed by atoms with Crippen molar-refractivity contribution in [1.82, 2.24) is 9.97 Å². The van der Waals surface area contributed by atoms with E-state index in [0.717, 1.165) is 12.6 Å². The third-order valence-corrected chi connectivity index (χ3v) is 2.32. The molecule has 1 rings (SSSR count). The van der Waals surface area contributed by atoms with E-state index >= 15 is 0 Å². The number of nitro groups is 1. The van der Waals surface area contributed by atoms with Gasteiger partial charge in [-0.3, -0.25) is 10.1 Å². The van der Waals surface area contributed by atoms with Crippen LogP contribution >= 0.6 is 0 Å². The molecule has 8 nitrogen and oxygen atoms in total. The van der Waals surface area contributed by atoms with E-state index in [9.17, 15) is 10.1 Å². The zero-order chi connectivity index (χ0) is 15.9. The van der Waals surface area contributed by atoms with E-state index in [1.165, 1.54) is 0 Å². The highest BCUT2D eigenvalue weighted by Crippen LogP contribution is 2.24. The van der Waals surface area contributed by atoms with Gasteiger partial charge in [0.2, 0.25) is 5.95 Å². The second-order valence-electron chi connectivity index (χ2n) is 5.38. The van der Waals surface area contributed by atoms with Crippen molar-refractivity contribution in [2.45, 2.75) is 39.7 Å². The lowest BCUT2D eigenvalue weighted by molar-refractivity contribution is -0.386. The van der Waals surface area contributed by atoms with Gasteiger partial charge in [-0.15, -0.1) is 0 Å². The maximum absolute atomic E-state index is 10.9. The summed E-state index contributed by atoms with van der Waals surface area (Å²) in [5.41, 5.74) is -0.540. The highest BCUT2D eigenvalue weighted by atomic mass is 16.6. The first-order valence-electron chi connectivity index (χ1n) is 6.85. The van der Waals surface area contributed by atoms with E-state index in [4.69, 9.17) is 9.47 Å². The van der Waals surface area contributed by atoms with Gasteiger partial charge in [0, 0.05) is 6.54 Å². The van der Waals surface area contributed by atoms with Crippen molar-refractivity contribution in [3.05, 3.63) is 16.3 Å². The molecule has 0 atom stereocenters. The molecule has 0 saturated heterocycles. The summed E-state index contributed by atoms with van der Waals surface area (Å²) in [6, 6.07) is 0. The molecule has 0 fully saturated rings. The van der Waals surface area contributed by atoms with Crippen LogP contribution in [0.2, 0.25) is 0 Å². The maximum atomic E-state index is 10.9. The lowest BCUT2D eigenvalue weighted by Gasteiger charge is -2.19. The second-order valence-corrected chi connectivity index (χ2v) is 5.38. The molecule has 0 spiro atoms. The zero-order valence-electron chi connectivity index (χ0n) is 12.9. The van der Waals surface area contributed by atoms with Crippen molar-refractivity contribution in [2.75, 3.05) is 25.1 Å². The van der Waals surface area contributed by atoms with Crippen LogP contribution in [0, 0.1) is 10.1 Å². The monoisotopic (exact) mass is 298 g/mol. The minimum atomic E-state index is -0.566. The van der Waals surface area contributed by atoms with Crippen LogP contribution in [0.4, 0.5) is 11.6 Å². The van der Waals surface area contributed by atoms with Crippen molar-refractivity contribution < 1.29 is 14.4 Å². The average Bonchev–Trinajstić information content (AvgIpc) is 2.40. The van der Waals surface area contributed by atoms with Gasteiger partial charge < -0.3 is 14.8 Å². The predicted molar refractivity (Wildman–Crippen MR) is 78.7 cm³/mol. The topological polar surface area (TPSA) is 99.4 Å². The van der Waals surface area contributed by atoms with Gasteiger partial charge in [0.1, 0.15) is 12.8 Å². The Kier molecular flexibility index (Phi) is 6.29. The van der Waals surface area contributed by atoms with Gasteiger partial charge in [-0.05, 0) is 27.2 Å². The number of anilines is 1. The summed E-state index contributed by atoms with van der Waals surface area (Å²) in [6.45, 7) is 8.96. The van der Waals surface area contributed by atoms with Gasteiger partial charge in [-0.1, -0.05) is 6.92 Å². The van der Waals surface area contributed by atoms with Gasteiger partial charge in [0.05, 0.1) is 17.1 Å². The molecule has 1 aromatic heterocycles. The number of hydrogen-bond acceptors (Lipinski definition) is 7. The first-order valence-corrected chi connectivity index (χ1v) is 6.85. The van der Waals surface area contributed by atoms with Crippen molar-refractivity contribution in [1.29, 1.82) is 0 Å².